The molecule has 0 N–H and O–H groups in total. The number of benzene rings is 2. The van der Waals surface area contributed by atoms with Gasteiger partial charge in [0.2, 0.25) is 0 Å². The van der Waals surface area contributed by atoms with Gasteiger partial charge in [0.05, 0.1) is 20.3 Å². The van der Waals surface area contributed by atoms with Crippen LogP contribution in [0.2, 0.25) is 0 Å². The Morgan fingerprint density at radius 3 is 2.19 bits per heavy atom. The molecule has 3 rings (SSSR count). The van der Waals surface area contributed by atoms with Gasteiger partial charge in [-0.05, 0) is 31.9 Å². The van der Waals surface area contributed by atoms with Gasteiger partial charge < -0.3 is 14.4 Å². The molecule has 1 aliphatic rings. The molecule has 1 heterocycles. The van der Waals surface area contributed by atoms with Gasteiger partial charge >= 0.3 is 0 Å². The molecule has 5 heteroatoms. The van der Waals surface area contributed by atoms with Gasteiger partial charge in [0.1, 0.15) is 17.1 Å². The molecular weight excluding hydrogens is 330 g/mol. The minimum Gasteiger partial charge on any atom is -0.496 e. The first-order valence-corrected chi connectivity index (χ1v) is 8.69. The van der Waals surface area contributed by atoms with Crippen molar-refractivity contribution in [3.05, 3.63) is 59.2 Å². The third-order valence-electron chi connectivity index (χ3n) is 4.79. The van der Waals surface area contributed by atoms with E-state index in [9.17, 15) is 9.59 Å². The van der Waals surface area contributed by atoms with Crippen LogP contribution in [0.1, 0.15) is 39.1 Å². The third-order valence-corrected chi connectivity index (χ3v) is 4.79. The summed E-state index contributed by atoms with van der Waals surface area (Å²) in [5.41, 5.74) is 2.09. The molecule has 0 aromatic heterocycles. The monoisotopic (exact) mass is 353 g/mol. The Balaban J connectivity index is 1.92. The van der Waals surface area contributed by atoms with Crippen LogP contribution in [0.25, 0.3) is 0 Å². The lowest BCUT2D eigenvalue weighted by atomic mass is 10.0. The molecule has 5 nitrogen and oxygen atoms in total. The molecule has 26 heavy (non-hydrogen) atoms. The average molecular weight is 353 g/mol. The predicted octanol–water partition coefficient (Wildman–Crippen LogP) is 3.50. The number of methoxy groups -OCH3 is 2. The van der Waals surface area contributed by atoms with Crippen LogP contribution in [0, 0.1) is 6.92 Å². The van der Waals surface area contributed by atoms with Crippen molar-refractivity contribution in [3.63, 3.8) is 0 Å². The van der Waals surface area contributed by atoms with Gasteiger partial charge in [-0.3, -0.25) is 9.59 Å². The molecule has 1 fully saturated rings. The average Bonchev–Trinajstić information content (AvgIpc) is 3.16. The van der Waals surface area contributed by atoms with E-state index in [2.05, 4.69) is 0 Å². The summed E-state index contributed by atoms with van der Waals surface area (Å²) in [7, 11) is 3.04. The van der Waals surface area contributed by atoms with E-state index >= 15 is 0 Å². The molecule has 2 aromatic carbocycles. The lowest BCUT2D eigenvalue weighted by Gasteiger charge is -2.25. The molecule has 1 amide bonds. The van der Waals surface area contributed by atoms with Gasteiger partial charge in [0.15, 0.2) is 5.78 Å². The van der Waals surface area contributed by atoms with Crippen molar-refractivity contribution in [3.8, 4) is 11.5 Å². The maximum atomic E-state index is 13.2. The minimum atomic E-state index is -0.458. The van der Waals surface area contributed by atoms with Crippen molar-refractivity contribution in [2.45, 2.75) is 25.8 Å². The first-order valence-electron chi connectivity index (χ1n) is 8.69. The van der Waals surface area contributed by atoms with Crippen molar-refractivity contribution in [1.29, 1.82) is 0 Å². The van der Waals surface area contributed by atoms with Crippen LogP contribution in [-0.4, -0.2) is 43.4 Å². The number of hydrogen-bond donors (Lipinski definition) is 0. The predicted molar refractivity (Wildman–Crippen MR) is 99.1 cm³/mol. The maximum Gasteiger partial charge on any atom is 0.262 e. The smallest absolute Gasteiger partial charge is 0.262 e. The highest BCUT2D eigenvalue weighted by atomic mass is 16.5. The Morgan fingerprint density at radius 1 is 1.00 bits per heavy atom. The summed E-state index contributed by atoms with van der Waals surface area (Å²) in [6, 6.07) is 12.2. The molecule has 1 saturated heterocycles. The Kier molecular flexibility index (Phi) is 5.26. The van der Waals surface area contributed by atoms with E-state index in [4.69, 9.17) is 9.47 Å². The van der Waals surface area contributed by atoms with Crippen LogP contribution in [0.4, 0.5) is 0 Å². The van der Waals surface area contributed by atoms with Crippen molar-refractivity contribution in [2.75, 3.05) is 20.8 Å². The number of aryl methyl sites for hydroxylation is 1. The van der Waals surface area contributed by atoms with Crippen molar-refractivity contribution in [2.24, 2.45) is 0 Å². The SMILES string of the molecule is COc1cccc(OC)c1C(=O)N1CCCC1C(=O)c1ccc(C)cc1. The highest BCUT2D eigenvalue weighted by molar-refractivity contribution is 6.06. The summed E-state index contributed by atoms with van der Waals surface area (Å²) in [4.78, 5) is 27.8. The summed E-state index contributed by atoms with van der Waals surface area (Å²) in [6.07, 6.45) is 1.46. The summed E-state index contributed by atoms with van der Waals surface area (Å²) >= 11 is 0. The zero-order chi connectivity index (χ0) is 18.7. The summed E-state index contributed by atoms with van der Waals surface area (Å²) in [5, 5.41) is 0. The minimum absolute atomic E-state index is 0.0234. The van der Waals surface area contributed by atoms with Crippen molar-refractivity contribution in [1.82, 2.24) is 4.90 Å². The van der Waals surface area contributed by atoms with E-state index < -0.39 is 6.04 Å². The third kappa shape index (κ3) is 3.29. The Bertz CT molecular complexity index is 791. The van der Waals surface area contributed by atoms with E-state index in [1.807, 2.05) is 31.2 Å². The lowest BCUT2D eigenvalue weighted by molar-refractivity contribution is 0.0666. The van der Waals surface area contributed by atoms with Crippen molar-refractivity contribution < 1.29 is 19.1 Å². The largest absolute Gasteiger partial charge is 0.496 e. The number of ether oxygens (including phenoxy) is 2. The second-order valence-electron chi connectivity index (χ2n) is 6.42. The standard InChI is InChI=1S/C21H23NO4/c1-14-9-11-15(12-10-14)20(23)16-6-5-13-22(16)21(24)19-17(25-2)7-4-8-18(19)26-3/h4,7-12,16H,5-6,13H2,1-3H3. The summed E-state index contributed by atoms with van der Waals surface area (Å²) in [6.45, 7) is 2.52. The number of carbonyl (C=O) groups excluding carboxylic acids is 2. The highest BCUT2D eigenvalue weighted by Gasteiger charge is 2.37. The van der Waals surface area contributed by atoms with Gasteiger partial charge in [-0.1, -0.05) is 35.9 Å². The number of carbonyl (C=O) groups is 2. The Morgan fingerprint density at radius 2 is 1.62 bits per heavy atom. The zero-order valence-corrected chi connectivity index (χ0v) is 15.3. The number of amides is 1. The number of hydrogen-bond acceptors (Lipinski definition) is 4. The van der Waals surface area contributed by atoms with Crippen LogP contribution < -0.4 is 9.47 Å². The Hall–Kier alpha value is -2.82. The molecule has 0 saturated carbocycles. The van der Waals surface area contributed by atoms with E-state index in [0.29, 0.717) is 35.6 Å². The van der Waals surface area contributed by atoms with Crippen LogP contribution in [0.3, 0.4) is 0 Å². The molecular formula is C21H23NO4. The second kappa shape index (κ2) is 7.60. The van der Waals surface area contributed by atoms with Crippen LogP contribution in [-0.2, 0) is 0 Å². The van der Waals surface area contributed by atoms with Crippen LogP contribution in [0.5, 0.6) is 11.5 Å². The fraction of sp³-hybridized carbons (Fsp3) is 0.333. The molecule has 0 aliphatic carbocycles. The number of Topliss-reactive ketones (excluding diaryl/α,β-unsaturated/α-hetero) is 1. The fourth-order valence-corrected chi connectivity index (χ4v) is 3.40. The lowest BCUT2D eigenvalue weighted by Crippen LogP contribution is -2.40. The highest BCUT2D eigenvalue weighted by Crippen LogP contribution is 2.32. The van der Waals surface area contributed by atoms with E-state index in [0.717, 1.165) is 12.0 Å². The first kappa shape index (κ1) is 18.0. The number of nitrogens with zero attached hydrogens (tertiary/aromatic N) is 1. The van der Waals surface area contributed by atoms with E-state index in [1.165, 1.54) is 14.2 Å². The zero-order valence-electron chi connectivity index (χ0n) is 15.3. The fourth-order valence-electron chi connectivity index (χ4n) is 3.40. The van der Waals surface area contributed by atoms with E-state index in [-0.39, 0.29) is 11.7 Å². The molecule has 1 atom stereocenters. The van der Waals surface area contributed by atoms with Gasteiger partial charge in [-0.15, -0.1) is 0 Å². The first-order chi connectivity index (χ1) is 12.6. The van der Waals surface area contributed by atoms with Gasteiger partial charge in [0.25, 0.3) is 5.91 Å². The summed E-state index contributed by atoms with van der Waals surface area (Å²) in [5.74, 6) is 0.637. The van der Waals surface area contributed by atoms with Crippen molar-refractivity contribution >= 4 is 11.7 Å². The summed E-state index contributed by atoms with van der Waals surface area (Å²) < 4.78 is 10.7. The number of ketones is 1. The molecule has 1 aliphatic heterocycles. The van der Waals surface area contributed by atoms with Crippen LogP contribution in [0.15, 0.2) is 42.5 Å². The molecule has 0 spiro atoms. The normalized spacial score (nSPS) is 16.4. The van der Waals surface area contributed by atoms with Crippen LogP contribution >= 0.6 is 0 Å². The molecule has 136 valence electrons. The topological polar surface area (TPSA) is 55.8 Å². The molecule has 0 radical (unpaired) electrons. The number of likely N-dealkylation sites (tertiary alicyclic amines) is 1. The Labute approximate surface area is 153 Å². The van der Waals surface area contributed by atoms with E-state index in [1.54, 1.807) is 23.1 Å². The maximum absolute atomic E-state index is 13.2. The van der Waals surface area contributed by atoms with Gasteiger partial charge in [0, 0.05) is 12.1 Å². The van der Waals surface area contributed by atoms with Gasteiger partial charge in [-0.25, -0.2) is 0 Å². The number of rotatable bonds is 5. The second-order valence-corrected chi connectivity index (χ2v) is 6.42. The molecule has 0 bridgehead atoms. The van der Waals surface area contributed by atoms with Gasteiger partial charge in [-0.2, -0.15) is 0 Å². The molecule has 2 aromatic rings. The quantitative estimate of drug-likeness (QED) is 0.772. The molecule has 1 unspecified atom stereocenters.